The molecule has 9 heteroatoms. The molecule has 30 heavy (non-hydrogen) atoms. The van der Waals surface area contributed by atoms with Crippen molar-refractivity contribution in [3.8, 4) is 0 Å². The fourth-order valence-corrected chi connectivity index (χ4v) is 3.95. The third-order valence-corrected chi connectivity index (χ3v) is 5.80. The summed E-state index contributed by atoms with van der Waals surface area (Å²) in [7, 11) is -3.60. The largest absolute Gasteiger partial charge is 0.369 e. The van der Waals surface area contributed by atoms with E-state index in [1.807, 2.05) is 42.5 Å². The van der Waals surface area contributed by atoms with Crippen LogP contribution in [0.25, 0.3) is 10.8 Å². The zero-order valence-electron chi connectivity index (χ0n) is 16.0. The van der Waals surface area contributed by atoms with E-state index in [1.54, 1.807) is 30.5 Å². The standard InChI is InChI=1S/C21H20N6O2S/c28-30(29,18-9-8-16-5-1-2-6-17(16)13-18)26-12-11-23-20-14-21(25-15-24-20)27-19-7-3-4-10-22-19/h1-10,13-15,26H,11-12H2,(H2,22,23,24,25,27). The van der Waals surface area contributed by atoms with Gasteiger partial charge in [0.15, 0.2) is 0 Å². The molecular weight excluding hydrogens is 400 g/mol. The molecule has 2 aromatic heterocycles. The average Bonchev–Trinajstić information content (AvgIpc) is 2.77. The summed E-state index contributed by atoms with van der Waals surface area (Å²) in [5.74, 6) is 1.83. The third kappa shape index (κ3) is 4.88. The molecule has 2 aromatic carbocycles. The van der Waals surface area contributed by atoms with Gasteiger partial charge in [0.05, 0.1) is 4.90 Å². The van der Waals surface area contributed by atoms with Gasteiger partial charge in [-0.25, -0.2) is 28.1 Å². The van der Waals surface area contributed by atoms with Crippen molar-refractivity contribution >= 4 is 38.2 Å². The predicted octanol–water partition coefficient (Wildman–Crippen LogP) is 3.16. The number of aromatic nitrogens is 3. The topological polar surface area (TPSA) is 109 Å². The van der Waals surface area contributed by atoms with Gasteiger partial charge in [0, 0.05) is 25.4 Å². The molecule has 4 rings (SSSR count). The smallest absolute Gasteiger partial charge is 0.240 e. The Kier molecular flexibility index (Phi) is 5.82. The van der Waals surface area contributed by atoms with Crippen LogP contribution in [0, 0.1) is 0 Å². The molecule has 0 spiro atoms. The quantitative estimate of drug-likeness (QED) is 0.376. The van der Waals surface area contributed by atoms with Gasteiger partial charge >= 0.3 is 0 Å². The second kappa shape index (κ2) is 8.85. The van der Waals surface area contributed by atoms with E-state index in [2.05, 4.69) is 30.3 Å². The van der Waals surface area contributed by atoms with E-state index in [0.717, 1.165) is 10.8 Å². The molecule has 3 N–H and O–H groups in total. The summed E-state index contributed by atoms with van der Waals surface area (Å²) in [6, 6.07) is 20.0. The molecule has 8 nitrogen and oxygen atoms in total. The molecule has 0 aliphatic heterocycles. The van der Waals surface area contributed by atoms with Crippen LogP contribution < -0.4 is 15.4 Å². The Morgan fingerprint density at radius 2 is 1.53 bits per heavy atom. The Morgan fingerprint density at radius 1 is 0.733 bits per heavy atom. The Labute approximate surface area is 174 Å². The van der Waals surface area contributed by atoms with Crippen LogP contribution in [0.5, 0.6) is 0 Å². The maximum Gasteiger partial charge on any atom is 0.240 e. The van der Waals surface area contributed by atoms with Gasteiger partial charge in [-0.2, -0.15) is 0 Å². The summed E-state index contributed by atoms with van der Waals surface area (Å²) in [6.45, 7) is 0.578. The van der Waals surface area contributed by atoms with Gasteiger partial charge in [-0.15, -0.1) is 0 Å². The van der Waals surface area contributed by atoms with Gasteiger partial charge in [-0.3, -0.25) is 0 Å². The molecule has 0 aliphatic rings. The highest BCUT2D eigenvalue weighted by atomic mass is 32.2. The lowest BCUT2D eigenvalue weighted by molar-refractivity contribution is 0.583. The second-order valence-corrected chi connectivity index (χ2v) is 8.23. The molecule has 0 unspecified atom stereocenters. The molecule has 0 amide bonds. The lowest BCUT2D eigenvalue weighted by Crippen LogP contribution is -2.29. The summed E-state index contributed by atoms with van der Waals surface area (Å²) < 4.78 is 27.7. The number of fused-ring (bicyclic) bond motifs is 1. The van der Waals surface area contributed by atoms with E-state index in [0.29, 0.717) is 24.0 Å². The van der Waals surface area contributed by atoms with Crippen molar-refractivity contribution in [1.29, 1.82) is 0 Å². The normalized spacial score (nSPS) is 11.3. The minimum atomic E-state index is -3.60. The molecule has 4 aromatic rings. The zero-order chi connectivity index (χ0) is 20.8. The maximum atomic E-state index is 12.6. The molecule has 0 aliphatic carbocycles. The Morgan fingerprint density at radius 3 is 2.37 bits per heavy atom. The molecule has 0 fully saturated rings. The molecular formula is C21H20N6O2S. The molecule has 0 saturated heterocycles. The highest BCUT2D eigenvalue weighted by Crippen LogP contribution is 2.19. The van der Waals surface area contributed by atoms with Gasteiger partial charge in [0.25, 0.3) is 0 Å². The van der Waals surface area contributed by atoms with Crippen LogP contribution in [0.4, 0.5) is 17.5 Å². The lowest BCUT2D eigenvalue weighted by Gasteiger charge is -2.10. The Hall–Kier alpha value is -3.56. The Bertz CT molecular complexity index is 1250. The summed E-state index contributed by atoms with van der Waals surface area (Å²) >= 11 is 0. The van der Waals surface area contributed by atoms with Crippen LogP contribution in [0.15, 0.2) is 84.1 Å². The SMILES string of the molecule is O=S(=O)(NCCNc1cc(Nc2ccccn2)ncn1)c1ccc2ccccc2c1. The molecule has 0 atom stereocenters. The predicted molar refractivity (Wildman–Crippen MR) is 117 cm³/mol. The van der Waals surface area contributed by atoms with Crippen LogP contribution in [-0.4, -0.2) is 36.5 Å². The lowest BCUT2D eigenvalue weighted by atomic mass is 10.1. The molecule has 0 radical (unpaired) electrons. The van der Waals surface area contributed by atoms with E-state index < -0.39 is 10.0 Å². The van der Waals surface area contributed by atoms with Crippen molar-refractivity contribution in [2.45, 2.75) is 4.90 Å². The van der Waals surface area contributed by atoms with E-state index in [-0.39, 0.29) is 11.4 Å². The van der Waals surface area contributed by atoms with E-state index >= 15 is 0 Å². The minimum Gasteiger partial charge on any atom is -0.369 e. The number of nitrogens with zero attached hydrogens (tertiary/aromatic N) is 3. The van der Waals surface area contributed by atoms with Crippen molar-refractivity contribution in [3.05, 3.63) is 79.3 Å². The number of hydrogen-bond donors (Lipinski definition) is 3. The highest BCUT2D eigenvalue weighted by molar-refractivity contribution is 7.89. The van der Waals surface area contributed by atoms with Gasteiger partial charge in [0.1, 0.15) is 23.8 Å². The van der Waals surface area contributed by atoms with E-state index in [9.17, 15) is 8.42 Å². The van der Waals surface area contributed by atoms with E-state index in [1.165, 1.54) is 6.33 Å². The minimum absolute atomic E-state index is 0.210. The van der Waals surface area contributed by atoms with Crippen LogP contribution in [0.1, 0.15) is 0 Å². The van der Waals surface area contributed by atoms with Crippen LogP contribution in [0.3, 0.4) is 0 Å². The fourth-order valence-electron chi connectivity index (χ4n) is 2.88. The maximum absolute atomic E-state index is 12.6. The van der Waals surface area contributed by atoms with Crippen LogP contribution in [-0.2, 0) is 10.0 Å². The molecule has 0 saturated carbocycles. The van der Waals surface area contributed by atoms with Crippen molar-refractivity contribution in [1.82, 2.24) is 19.7 Å². The van der Waals surface area contributed by atoms with Crippen molar-refractivity contribution in [2.24, 2.45) is 0 Å². The summed E-state index contributed by atoms with van der Waals surface area (Å²) in [5.41, 5.74) is 0. The summed E-state index contributed by atoms with van der Waals surface area (Å²) in [6.07, 6.45) is 3.11. The fraction of sp³-hybridized carbons (Fsp3) is 0.0952. The van der Waals surface area contributed by atoms with E-state index in [4.69, 9.17) is 0 Å². The highest BCUT2D eigenvalue weighted by Gasteiger charge is 2.13. The first-order valence-electron chi connectivity index (χ1n) is 9.33. The first kappa shape index (κ1) is 19.7. The number of anilines is 3. The van der Waals surface area contributed by atoms with Crippen molar-refractivity contribution in [2.75, 3.05) is 23.7 Å². The Balaban J connectivity index is 1.33. The van der Waals surface area contributed by atoms with Gasteiger partial charge < -0.3 is 10.6 Å². The number of nitrogens with one attached hydrogen (secondary N) is 3. The van der Waals surface area contributed by atoms with Crippen molar-refractivity contribution < 1.29 is 8.42 Å². The number of benzene rings is 2. The van der Waals surface area contributed by atoms with Gasteiger partial charge in [-0.1, -0.05) is 36.4 Å². The first-order chi connectivity index (χ1) is 14.6. The van der Waals surface area contributed by atoms with Crippen LogP contribution >= 0.6 is 0 Å². The van der Waals surface area contributed by atoms with Crippen LogP contribution in [0.2, 0.25) is 0 Å². The number of sulfonamides is 1. The summed E-state index contributed by atoms with van der Waals surface area (Å²) in [5, 5.41) is 8.05. The number of hydrogen-bond acceptors (Lipinski definition) is 7. The number of pyridine rings is 1. The van der Waals surface area contributed by atoms with Gasteiger partial charge in [0.2, 0.25) is 10.0 Å². The molecule has 152 valence electrons. The second-order valence-electron chi connectivity index (χ2n) is 6.46. The average molecular weight is 420 g/mol. The third-order valence-electron chi connectivity index (χ3n) is 4.34. The van der Waals surface area contributed by atoms with Crippen molar-refractivity contribution in [3.63, 3.8) is 0 Å². The monoisotopic (exact) mass is 420 g/mol. The first-order valence-corrected chi connectivity index (χ1v) is 10.8. The van der Waals surface area contributed by atoms with Gasteiger partial charge in [-0.05, 0) is 35.0 Å². The molecule has 0 bridgehead atoms. The summed E-state index contributed by atoms with van der Waals surface area (Å²) in [4.78, 5) is 12.7. The number of rotatable bonds is 8. The zero-order valence-corrected chi connectivity index (χ0v) is 16.8. The molecule has 2 heterocycles.